The van der Waals surface area contributed by atoms with Gasteiger partial charge < -0.3 is 0 Å². The lowest BCUT2D eigenvalue weighted by Crippen LogP contribution is -1.82. The van der Waals surface area contributed by atoms with Gasteiger partial charge in [0, 0.05) is 5.75 Å². The van der Waals surface area contributed by atoms with Gasteiger partial charge in [-0.2, -0.15) is 0 Å². The normalized spacial score (nSPS) is 11.1. The highest BCUT2D eigenvalue weighted by molar-refractivity contribution is 8.68. The first kappa shape index (κ1) is 23.1. The van der Waals surface area contributed by atoms with E-state index in [1.54, 1.807) is 10.8 Å². The van der Waals surface area contributed by atoms with Crippen molar-refractivity contribution in [3.63, 3.8) is 0 Å². The highest BCUT2D eigenvalue weighted by atomic mass is 35.6. The third kappa shape index (κ3) is 38.3. The summed E-state index contributed by atoms with van der Waals surface area (Å²) in [6.45, 7) is 2.28. The lowest BCUT2D eigenvalue weighted by Gasteiger charge is -2.01. The number of hydrogen-bond acceptors (Lipinski definition) is 2. The zero-order valence-electron chi connectivity index (χ0n) is 11.6. The predicted molar refractivity (Wildman–Crippen MR) is 99.4 cm³/mol. The molecule has 0 saturated heterocycles. The van der Waals surface area contributed by atoms with Crippen LogP contribution < -0.4 is 0 Å². The predicted octanol–water partition coefficient (Wildman–Crippen LogP) is 8.04. The first-order valence-electron chi connectivity index (χ1n) is 6.93. The molecule has 0 amide bonds. The van der Waals surface area contributed by atoms with Gasteiger partial charge in [0.1, 0.15) is 0 Å². The van der Waals surface area contributed by atoms with E-state index in [9.17, 15) is 0 Å². The molecule has 0 saturated carbocycles. The van der Waals surface area contributed by atoms with Gasteiger partial charge in [-0.1, -0.05) is 122 Å². The standard InChI is InChI=1S/C12H26S2.CCl4/c1-2-3-4-5-6-7-8-9-10-11-12-14-13;2-1(3,4)5/h13H,2-12H2,1H3;. The topological polar surface area (TPSA) is 0 Å². The average molecular weight is 388 g/mol. The van der Waals surface area contributed by atoms with Gasteiger partial charge in [0.2, 0.25) is 0 Å². The number of unbranched alkanes of at least 4 members (excludes halogenated alkanes) is 9. The average Bonchev–Trinajstić information content (AvgIpc) is 2.29. The summed E-state index contributed by atoms with van der Waals surface area (Å²) >= 11 is 23.4. The van der Waals surface area contributed by atoms with Crippen molar-refractivity contribution in [3.05, 3.63) is 0 Å². The SMILES string of the molecule is CCCCCCCCCCCCSS.ClC(Cl)(Cl)Cl. The van der Waals surface area contributed by atoms with Crippen LogP contribution in [0, 0.1) is 0 Å². The van der Waals surface area contributed by atoms with Crippen molar-refractivity contribution < 1.29 is 0 Å². The van der Waals surface area contributed by atoms with Crippen molar-refractivity contribution in [1.29, 1.82) is 0 Å². The third-order valence-electron chi connectivity index (χ3n) is 2.59. The van der Waals surface area contributed by atoms with E-state index in [2.05, 4.69) is 18.6 Å². The Morgan fingerprint density at radius 1 is 0.737 bits per heavy atom. The summed E-state index contributed by atoms with van der Waals surface area (Å²) in [6.07, 6.45) is 14.3. The van der Waals surface area contributed by atoms with Crippen molar-refractivity contribution in [2.24, 2.45) is 0 Å². The summed E-state index contributed by atoms with van der Waals surface area (Å²) in [5.41, 5.74) is 0. The van der Waals surface area contributed by atoms with Gasteiger partial charge in [-0.25, -0.2) is 0 Å². The van der Waals surface area contributed by atoms with E-state index in [0.717, 1.165) is 0 Å². The molecule has 19 heavy (non-hydrogen) atoms. The van der Waals surface area contributed by atoms with E-state index >= 15 is 0 Å². The fourth-order valence-electron chi connectivity index (χ4n) is 1.65. The lowest BCUT2D eigenvalue weighted by atomic mass is 10.1. The van der Waals surface area contributed by atoms with Crippen LogP contribution in [0.5, 0.6) is 0 Å². The molecule has 0 aliphatic rings. The molecule has 0 atom stereocenters. The van der Waals surface area contributed by atoms with Crippen LogP contribution in [0.4, 0.5) is 0 Å². The zero-order chi connectivity index (χ0) is 15.0. The van der Waals surface area contributed by atoms with Crippen LogP contribution in [0.3, 0.4) is 0 Å². The Morgan fingerprint density at radius 3 is 1.37 bits per heavy atom. The Morgan fingerprint density at radius 2 is 1.05 bits per heavy atom. The third-order valence-corrected chi connectivity index (χ3v) is 3.61. The molecule has 6 heteroatoms. The first-order chi connectivity index (χ1) is 8.91. The van der Waals surface area contributed by atoms with Crippen LogP contribution in [-0.4, -0.2) is 9.00 Å². The summed E-state index contributed by atoms with van der Waals surface area (Å²) in [6, 6.07) is 0. The van der Waals surface area contributed by atoms with Gasteiger partial charge in [0.25, 0.3) is 3.25 Å². The molecule has 0 fully saturated rings. The maximum absolute atomic E-state index is 4.83. The zero-order valence-corrected chi connectivity index (χ0v) is 16.4. The molecule has 0 aliphatic carbocycles. The molecule has 0 aliphatic heterocycles. The summed E-state index contributed by atoms with van der Waals surface area (Å²) in [4.78, 5) is 0. The molecule has 0 spiro atoms. The lowest BCUT2D eigenvalue weighted by molar-refractivity contribution is 0.563. The highest BCUT2D eigenvalue weighted by Gasteiger charge is 2.11. The second-order valence-corrected chi connectivity index (χ2v) is 9.31. The van der Waals surface area contributed by atoms with Gasteiger partial charge in [-0.15, -0.1) is 11.7 Å². The molecule has 0 nitrogen and oxygen atoms in total. The number of halogens is 4. The van der Waals surface area contributed by atoms with Crippen LogP contribution in [-0.2, 0) is 0 Å². The highest BCUT2D eigenvalue weighted by Crippen LogP contribution is 2.29. The van der Waals surface area contributed by atoms with E-state index in [-0.39, 0.29) is 0 Å². The second kappa shape index (κ2) is 17.9. The molecule has 0 rings (SSSR count). The number of hydrogen-bond donors (Lipinski definition) is 1. The molecule has 0 radical (unpaired) electrons. The quantitative estimate of drug-likeness (QED) is 0.162. The van der Waals surface area contributed by atoms with Crippen molar-refractivity contribution >= 4 is 68.9 Å². The minimum absolute atomic E-state index is 1.22. The molecular weight excluding hydrogens is 362 g/mol. The van der Waals surface area contributed by atoms with Crippen LogP contribution in [0.1, 0.15) is 71.1 Å². The molecule has 0 heterocycles. The summed E-state index contributed by atoms with van der Waals surface area (Å²) in [7, 11) is 1.67. The van der Waals surface area contributed by atoms with Crippen molar-refractivity contribution in [2.75, 3.05) is 5.75 Å². The van der Waals surface area contributed by atoms with Gasteiger partial charge in [0.05, 0.1) is 0 Å². The van der Waals surface area contributed by atoms with Crippen LogP contribution in [0.2, 0.25) is 0 Å². The van der Waals surface area contributed by atoms with E-state index < -0.39 is 3.25 Å². The number of thiol groups is 1. The minimum Gasteiger partial charge on any atom is -0.111 e. The summed E-state index contributed by atoms with van der Waals surface area (Å²) in [5, 5.41) is 0. The minimum atomic E-state index is -1.61. The molecule has 0 N–H and O–H groups in total. The van der Waals surface area contributed by atoms with Crippen LogP contribution >= 0.6 is 68.9 Å². The summed E-state index contributed by atoms with van der Waals surface area (Å²) < 4.78 is -1.61. The monoisotopic (exact) mass is 386 g/mol. The maximum Gasteiger partial charge on any atom is 0.266 e. The Balaban J connectivity index is 0. The van der Waals surface area contributed by atoms with Crippen molar-refractivity contribution in [2.45, 2.75) is 74.4 Å². The molecular formula is C13H26Cl4S2. The molecule has 0 unspecified atom stereocenters. The fourth-order valence-corrected chi connectivity index (χ4v) is 2.37. The van der Waals surface area contributed by atoms with Gasteiger partial charge >= 0.3 is 0 Å². The van der Waals surface area contributed by atoms with Gasteiger partial charge in [-0.05, 0) is 6.42 Å². The molecule has 0 aromatic carbocycles. The largest absolute Gasteiger partial charge is 0.266 e. The van der Waals surface area contributed by atoms with Crippen LogP contribution in [0.25, 0.3) is 0 Å². The molecule has 118 valence electrons. The van der Waals surface area contributed by atoms with Crippen LogP contribution in [0.15, 0.2) is 0 Å². The Bertz CT molecular complexity index is 145. The second-order valence-electron chi connectivity index (χ2n) is 4.44. The Labute approximate surface area is 148 Å². The van der Waals surface area contributed by atoms with E-state index in [4.69, 9.17) is 46.4 Å². The number of alkyl halides is 4. The van der Waals surface area contributed by atoms with Crippen molar-refractivity contribution in [3.8, 4) is 0 Å². The van der Waals surface area contributed by atoms with Gasteiger partial charge in [-0.3, -0.25) is 0 Å². The molecule has 0 aromatic heterocycles. The van der Waals surface area contributed by atoms with Gasteiger partial charge in [0.15, 0.2) is 0 Å². The van der Waals surface area contributed by atoms with E-state index in [1.807, 2.05) is 0 Å². The first-order valence-corrected chi connectivity index (χ1v) is 10.5. The Hall–Kier alpha value is 1.86. The number of rotatable bonds is 11. The van der Waals surface area contributed by atoms with E-state index in [0.29, 0.717) is 0 Å². The maximum atomic E-state index is 4.83. The summed E-state index contributed by atoms with van der Waals surface area (Å²) in [5.74, 6) is 1.22. The van der Waals surface area contributed by atoms with Crippen molar-refractivity contribution in [1.82, 2.24) is 0 Å². The fraction of sp³-hybridized carbons (Fsp3) is 1.00. The smallest absolute Gasteiger partial charge is 0.111 e. The Kier molecular flexibility index (Phi) is 21.8. The molecule has 0 bridgehead atoms. The van der Waals surface area contributed by atoms with E-state index in [1.165, 1.54) is 70.0 Å². The molecule has 0 aromatic rings.